The summed E-state index contributed by atoms with van der Waals surface area (Å²) in [6.07, 6.45) is 1.38. The molecule has 0 saturated carbocycles. The van der Waals surface area contributed by atoms with E-state index in [2.05, 4.69) is 25.5 Å². The van der Waals surface area contributed by atoms with Gasteiger partial charge in [-0.25, -0.2) is 9.97 Å². The first-order chi connectivity index (χ1) is 11.6. The molecule has 7 heteroatoms. The second-order valence-corrected chi connectivity index (χ2v) is 5.43. The molecule has 7 nitrogen and oxygen atoms in total. The Hall–Kier alpha value is -2.67. The van der Waals surface area contributed by atoms with Crippen LogP contribution in [-0.2, 0) is 0 Å². The van der Waals surface area contributed by atoms with Crippen LogP contribution in [0.25, 0.3) is 0 Å². The molecule has 0 aliphatic carbocycles. The van der Waals surface area contributed by atoms with E-state index in [1.165, 1.54) is 6.33 Å². The van der Waals surface area contributed by atoms with Crippen LogP contribution in [0.4, 0.5) is 11.5 Å². The highest BCUT2D eigenvalue weighted by Crippen LogP contribution is 2.16. The molecule has 0 radical (unpaired) electrons. The molecule has 0 aliphatic rings. The highest BCUT2D eigenvalue weighted by Gasteiger charge is 2.09. The van der Waals surface area contributed by atoms with Gasteiger partial charge in [0.15, 0.2) is 0 Å². The number of aromatic nitrogens is 2. The molecule has 2 aromatic rings. The largest absolute Gasteiger partial charge is 0.494 e. The Kier molecular flexibility index (Phi) is 6.51. The number of nitrogens with zero attached hydrogens (tertiary/aromatic N) is 3. The van der Waals surface area contributed by atoms with E-state index in [4.69, 9.17) is 4.74 Å². The lowest BCUT2D eigenvalue weighted by Gasteiger charge is -2.11. The lowest BCUT2D eigenvalue weighted by molar-refractivity contribution is 0.102. The smallest absolute Gasteiger partial charge is 0.274 e. The fourth-order valence-electron chi connectivity index (χ4n) is 1.98. The zero-order chi connectivity index (χ0) is 17.4. The normalized spacial score (nSPS) is 10.5. The predicted molar refractivity (Wildman–Crippen MR) is 94.6 cm³/mol. The van der Waals surface area contributed by atoms with E-state index < -0.39 is 0 Å². The number of rotatable bonds is 8. The molecule has 1 heterocycles. The summed E-state index contributed by atoms with van der Waals surface area (Å²) in [5, 5.41) is 5.98. The van der Waals surface area contributed by atoms with Gasteiger partial charge in [-0.05, 0) is 45.3 Å². The minimum absolute atomic E-state index is 0.280. The highest BCUT2D eigenvalue weighted by atomic mass is 16.5. The number of ether oxygens (including phenoxy) is 1. The van der Waals surface area contributed by atoms with Crippen LogP contribution >= 0.6 is 0 Å². The lowest BCUT2D eigenvalue weighted by Crippen LogP contribution is -2.21. The fourth-order valence-corrected chi connectivity index (χ4v) is 1.98. The van der Waals surface area contributed by atoms with Crippen LogP contribution in [0.5, 0.6) is 5.75 Å². The number of amides is 1. The van der Waals surface area contributed by atoms with Crippen molar-refractivity contribution in [1.82, 2.24) is 14.9 Å². The first-order valence-electron chi connectivity index (χ1n) is 7.83. The molecule has 128 valence electrons. The molecule has 2 N–H and O–H groups in total. The Morgan fingerprint density at radius 3 is 2.62 bits per heavy atom. The summed E-state index contributed by atoms with van der Waals surface area (Å²) in [6, 6.07) is 8.85. The average Bonchev–Trinajstić information content (AvgIpc) is 2.57. The summed E-state index contributed by atoms with van der Waals surface area (Å²) in [4.78, 5) is 22.5. The molecule has 0 bridgehead atoms. The van der Waals surface area contributed by atoms with Crippen molar-refractivity contribution in [2.24, 2.45) is 0 Å². The molecular weight excluding hydrogens is 306 g/mol. The Balaban J connectivity index is 1.96. The van der Waals surface area contributed by atoms with Gasteiger partial charge in [0.2, 0.25) is 0 Å². The summed E-state index contributed by atoms with van der Waals surface area (Å²) in [7, 11) is 3.99. The Morgan fingerprint density at radius 1 is 1.21 bits per heavy atom. The maximum atomic E-state index is 12.3. The molecule has 0 fully saturated rings. The third kappa shape index (κ3) is 5.51. The minimum atomic E-state index is -0.280. The number of hydrogen-bond donors (Lipinski definition) is 2. The second-order valence-electron chi connectivity index (χ2n) is 5.43. The third-order valence-corrected chi connectivity index (χ3v) is 3.19. The molecule has 0 saturated heterocycles. The number of likely N-dealkylation sites (N-methyl/N-ethyl adjacent to an activating group) is 1. The summed E-state index contributed by atoms with van der Waals surface area (Å²) >= 11 is 0. The SMILES string of the molecule is CCOc1ccc(NC(=O)c2cc(NCCN(C)C)ncn2)cc1. The average molecular weight is 329 g/mol. The molecule has 0 unspecified atom stereocenters. The van der Waals surface area contributed by atoms with E-state index >= 15 is 0 Å². The molecular formula is C17H23N5O2. The summed E-state index contributed by atoms with van der Waals surface area (Å²) < 4.78 is 5.38. The van der Waals surface area contributed by atoms with Crippen molar-refractivity contribution in [3.05, 3.63) is 42.4 Å². The van der Waals surface area contributed by atoms with E-state index in [9.17, 15) is 4.79 Å². The molecule has 0 aliphatic heterocycles. The van der Waals surface area contributed by atoms with Crippen molar-refractivity contribution in [2.45, 2.75) is 6.92 Å². The van der Waals surface area contributed by atoms with Crippen LogP contribution in [0, 0.1) is 0 Å². The van der Waals surface area contributed by atoms with E-state index in [1.807, 2.05) is 33.2 Å². The van der Waals surface area contributed by atoms with Gasteiger partial charge in [-0.1, -0.05) is 0 Å². The van der Waals surface area contributed by atoms with Crippen LogP contribution in [0.1, 0.15) is 17.4 Å². The monoisotopic (exact) mass is 329 g/mol. The number of carbonyl (C=O) groups excluding carboxylic acids is 1. The molecule has 24 heavy (non-hydrogen) atoms. The van der Waals surface area contributed by atoms with Crippen molar-refractivity contribution in [2.75, 3.05) is 44.4 Å². The van der Waals surface area contributed by atoms with Gasteiger partial charge in [0.1, 0.15) is 23.6 Å². The van der Waals surface area contributed by atoms with Gasteiger partial charge in [0.05, 0.1) is 6.61 Å². The van der Waals surface area contributed by atoms with Gasteiger partial charge < -0.3 is 20.3 Å². The molecule has 0 spiro atoms. The van der Waals surface area contributed by atoms with Gasteiger partial charge in [0, 0.05) is 24.8 Å². The quantitative estimate of drug-likeness (QED) is 0.772. The molecule has 0 atom stereocenters. The van der Waals surface area contributed by atoms with Crippen LogP contribution < -0.4 is 15.4 Å². The van der Waals surface area contributed by atoms with Crippen LogP contribution in [0.15, 0.2) is 36.7 Å². The number of nitrogens with one attached hydrogen (secondary N) is 2. The van der Waals surface area contributed by atoms with E-state index in [0.717, 1.165) is 18.8 Å². The van der Waals surface area contributed by atoms with E-state index in [1.54, 1.807) is 18.2 Å². The number of carbonyl (C=O) groups is 1. The Morgan fingerprint density at radius 2 is 1.96 bits per heavy atom. The number of hydrogen-bond acceptors (Lipinski definition) is 6. The molecule has 2 rings (SSSR count). The van der Waals surface area contributed by atoms with Gasteiger partial charge >= 0.3 is 0 Å². The van der Waals surface area contributed by atoms with Gasteiger partial charge in [0.25, 0.3) is 5.91 Å². The number of benzene rings is 1. The van der Waals surface area contributed by atoms with Gasteiger partial charge in [-0.2, -0.15) is 0 Å². The Bertz CT molecular complexity index is 658. The van der Waals surface area contributed by atoms with E-state index in [0.29, 0.717) is 23.8 Å². The minimum Gasteiger partial charge on any atom is -0.494 e. The van der Waals surface area contributed by atoms with Gasteiger partial charge in [-0.3, -0.25) is 4.79 Å². The van der Waals surface area contributed by atoms with Crippen molar-refractivity contribution in [3.63, 3.8) is 0 Å². The van der Waals surface area contributed by atoms with E-state index in [-0.39, 0.29) is 5.91 Å². The molecule has 1 aromatic carbocycles. The van der Waals surface area contributed by atoms with Gasteiger partial charge in [-0.15, -0.1) is 0 Å². The topological polar surface area (TPSA) is 79.4 Å². The maximum absolute atomic E-state index is 12.3. The first-order valence-corrected chi connectivity index (χ1v) is 7.83. The summed E-state index contributed by atoms with van der Waals surface area (Å²) in [5.41, 5.74) is 0.996. The van der Waals surface area contributed by atoms with Crippen molar-refractivity contribution < 1.29 is 9.53 Å². The van der Waals surface area contributed by atoms with Crippen LogP contribution in [0.3, 0.4) is 0 Å². The molecule has 1 aromatic heterocycles. The second kappa shape index (κ2) is 8.83. The third-order valence-electron chi connectivity index (χ3n) is 3.19. The zero-order valence-corrected chi connectivity index (χ0v) is 14.2. The highest BCUT2D eigenvalue weighted by molar-refractivity contribution is 6.03. The first kappa shape index (κ1) is 17.7. The predicted octanol–water partition coefficient (Wildman–Crippen LogP) is 2.10. The summed E-state index contributed by atoms with van der Waals surface area (Å²) in [6.45, 7) is 4.15. The Labute approximate surface area is 142 Å². The fraction of sp³-hybridized carbons (Fsp3) is 0.353. The lowest BCUT2D eigenvalue weighted by atomic mass is 10.3. The zero-order valence-electron chi connectivity index (χ0n) is 14.2. The summed E-state index contributed by atoms with van der Waals surface area (Å²) in [5.74, 6) is 1.12. The standard InChI is InChI=1S/C17H23N5O2/c1-4-24-14-7-5-13(6-8-14)21-17(23)15-11-16(20-12-19-15)18-9-10-22(2)3/h5-8,11-12H,4,9-10H2,1-3H3,(H,21,23)(H,18,19,20). The number of anilines is 2. The van der Waals surface area contributed by atoms with Crippen LogP contribution in [0.2, 0.25) is 0 Å². The molecule has 1 amide bonds. The van der Waals surface area contributed by atoms with Crippen molar-refractivity contribution in [3.8, 4) is 5.75 Å². The maximum Gasteiger partial charge on any atom is 0.274 e. The van der Waals surface area contributed by atoms with Crippen molar-refractivity contribution in [1.29, 1.82) is 0 Å². The van der Waals surface area contributed by atoms with Crippen molar-refractivity contribution >= 4 is 17.4 Å². The van der Waals surface area contributed by atoms with Crippen LogP contribution in [-0.4, -0.2) is 54.6 Å².